The molecule has 0 aliphatic heterocycles. The summed E-state index contributed by atoms with van der Waals surface area (Å²) in [6.07, 6.45) is 5.70. The third-order valence-electron chi connectivity index (χ3n) is 3.50. The Morgan fingerprint density at radius 2 is 2.15 bits per heavy atom. The normalized spacial score (nSPS) is 13.9. The van der Waals surface area contributed by atoms with Gasteiger partial charge in [0.15, 0.2) is 5.78 Å². The van der Waals surface area contributed by atoms with Crippen molar-refractivity contribution < 1.29 is 9.53 Å². The monoisotopic (exact) mass is 287 g/mol. The summed E-state index contributed by atoms with van der Waals surface area (Å²) in [5, 5.41) is 0.591. The van der Waals surface area contributed by atoms with Crippen molar-refractivity contribution in [2.24, 2.45) is 0 Å². The van der Waals surface area contributed by atoms with Crippen LogP contribution in [-0.2, 0) is 13.0 Å². The Morgan fingerprint density at radius 3 is 3.00 bits per heavy atom. The molecule has 0 N–H and O–H groups in total. The van der Waals surface area contributed by atoms with E-state index in [2.05, 4.69) is 4.98 Å². The Bertz CT molecular complexity index is 655. The summed E-state index contributed by atoms with van der Waals surface area (Å²) in [5.74, 6) is 0.988. The molecule has 4 heteroatoms. The minimum atomic E-state index is 0.207. The van der Waals surface area contributed by atoms with E-state index in [0.29, 0.717) is 18.1 Å². The minimum Gasteiger partial charge on any atom is -0.489 e. The lowest BCUT2D eigenvalue weighted by atomic mass is 9.90. The van der Waals surface area contributed by atoms with Gasteiger partial charge in [0.2, 0.25) is 0 Å². The maximum atomic E-state index is 11.9. The van der Waals surface area contributed by atoms with Crippen LogP contribution in [0.25, 0.3) is 0 Å². The average molecular weight is 288 g/mol. The molecule has 3 rings (SSSR count). The van der Waals surface area contributed by atoms with Gasteiger partial charge in [-0.25, -0.2) is 0 Å². The van der Waals surface area contributed by atoms with Crippen LogP contribution in [0.5, 0.6) is 5.75 Å². The van der Waals surface area contributed by atoms with E-state index in [1.165, 1.54) is 0 Å². The SMILES string of the molecule is O=C1CCCc2c(OCc3ccncc3Cl)cccc21. The number of ketones is 1. The van der Waals surface area contributed by atoms with E-state index in [1.807, 2.05) is 24.3 Å². The van der Waals surface area contributed by atoms with Crippen molar-refractivity contribution in [1.82, 2.24) is 4.98 Å². The molecule has 1 aliphatic rings. The topological polar surface area (TPSA) is 39.2 Å². The molecule has 20 heavy (non-hydrogen) atoms. The van der Waals surface area contributed by atoms with Crippen LogP contribution in [-0.4, -0.2) is 10.8 Å². The summed E-state index contributed by atoms with van der Waals surface area (Å²) in [4.78, 5) is 15.8. The van der Waals surface area contributed by atoms with Crippen LogP contribution in [0.15, 0.2) is 36.7 Å². The number of rotatable bonds is 3. The van der Waals surface area contributed by atoms with Crippen molar-refractivity contribution in [1.29, 1.82) is 0 Å². The van der Waals surface area contributed by atoms with E-state index in [0.717, 1.165) is 35.3 Å². The molecule has 1 aliphatic carbocycles. The second kappa shape index (κ2) is 5.63. The van der Waals surface area contributed by atoms with Gasteiger partial charge in [0.05, 0.1) is 5.02 Å². The fourth-order valence-electron chi connectivity index (χ4n) is 2.46. The average Bonchev–Trinajstić information content (AvgIpc) is 2.47. The molecule has 0 saturated carbocycles. The predicted molar refractivity (Wildman–Crippen MR) is 77.3 cm³/mol. The van der Waals surface area contributed by atoms with Gasteiger partial charge in [-0.05, 0) is 25.0 Å². The second-order valence-corrected chi connectivity index (χ2v) is 5.22. The molecular formula is C16H14ClNO2. The van der Waals surface area contributed by atoms with Gasteiger partial charge in [0.1, 0.15) is 12.4 Å². The van der Waals surface area contributed by atoms with Crippen molar-refractivity contribution in [3.05, 3.63) is 58.4 Å². The number of benzene rings is 1. The van der Waals surface area contributed by atoms with Gasteiger partial charge in [0, 0.05) is 35.5 Å². The second-order valence-electron chi connectivity index (χ2n) is 4.81. The number of aromatic nitrogens is 1. The van der Waals surface area contributed by atoms with Crippen LogP contribution in [0, 0.1) is 0 Å². The Kier molecular flexibility index (Phi) is 3.70. The summed E-state index contributed by atoms with van der Waals surface area (Å²) in [7, 11) is 0. The predicted octanol–water partition coefficient (Wildman–Crippen LogP) is 3.83. The lowest BCUT2D eigenvalue weighted by Crippen LogP contribution is -2.12. The van der Waals surface area contributed by atoms with Crippen molar-refractivity contribution >= 4 is 17.4 Å². The van der Waals surface area contributed by atoms with Crippen molar-refractivity contribution in [2.45, 2.75) is 25.9 Å². The third-order valence-corrected chi connectivity index (χ3v) is 3.84. The van der Waals surface area contributed by atoms with Gasteiger partial charge in [-0.2, -0.15) is 0 Å². The number of ether oxygens (including phenoxy) is 1. The Hall–Kier alpha value is -1.87. The van der Waals surface area contributed by atoms with Crippen molar-refractivity contribution in [3.63, 3.8) is 0 Å². The molecule has 3 nitrogen and oxygen atoms in total. The number of carbonyl (C=O) groups excluding carboxylic acids is 1. The highest BCUT2D eigenvalue weighted by Crippen LogP contribution is 2.30. The standard InChI is InChI=1S/C16H14ClNO2/c17-14-9-18-8-7-11(14)10-20-16-6-2-3-12-13(16)4-1-5-15(12)19/h2-3,6-9H,1,4-5,10H2. The molecule has 0 atom stereocenters. The van der Waals surface area contributed by atoms with Crippen LogP contribution in [0.4, 0.5) is 0 Å². The van der Waals surface area contributed by atoms with Gasteiger partial charge in [0.25, 0.3) is 0 Å². The zero-order chi connectivity index (χ0) is 13.9. The number of halogens is 1. The smallest absolute Gasteiger partial charge is 0.163 e. The van der Waals surface area contributed by atoms with Crippen LogP contribution >= 0.6 is 11.6 Å². The van der Waals surface area contributed by atoms with Crippen LogP contribution < -0.4 is 4.74 Å². The number of pyridine rings is 1. The summed E-state index contributed by atoms with van der Waals surface area (Å²) in [5.41, 5.74) is 2.71. The van der Waals surface area contributed by atoms with Crippen molar-refractivity contribution in [2.75, 3.05) is 0 Å². The molecule has 2 aromatic rings. The largest absolute Gasteiger partial charge is 0.489 e. The maximum Gasteiger partial charge on any atom is 0.163 e. The maximum absolute atomic E-state index is 11.9. The lowest BCUT2D eigenvalue weighted by molar-refractivity contribution is 0.0971. The number of fused-ring (bicyclic) bond motifs is 1. The van der Waals surface area contributed by atoms with Gasteiger partial charge in [-0.1, -0.05) is 23.7 Å². The van der Waals surface area contributed by atoms with Gasteiger partial charge >= 0.3 is 0 Å². The van der Waals surface area contributed by atoms with Crippen LogP contribution in [0.1, 0.15) is 34.3 Å². The Morgan fingerprint density at radius 1 is 1.25 bits per heavy atom. The van der Waals surface area contributed by atoms with Gasteiger partial charge in [-0.3, -0.25) is 9.78 Å². The van der Waals surface area contributed by atoms with Crippen molar-refractivity contribution in [3.8, 4) is 5.75 Å². The quantitative estimate of drug-likeness (QED) is 0.861. The number of hydrogen-bond donors (Lipinski definition) is 0. The number of hydrogen-bond acceptors (Lipinski definition) is 3. The lowest BCUT2D eigenvalue weighted by Gasteiger charge is -2.18. The Labute approximate surface area is 122 Å². The van der Waals surface area contributed by atoms with Gasteiger partial charge < -0.3 is 4.74 Å². The molecular weight excluding hydrogens is 274 g/mol. The third kappa shape index (κ3) is 2.54. The molecule has 0 bridgehead atoms. The molecule has 1 heterocycles. The van der Waals surface area contributed by atoms with E-state index in [9.17, 15) is 4.79 Å². The molecule has 0 radical (unpaired) electrons. The molecule has 1 aromatic heterocycles. The highest BCUT2D eigenvalue weighted by Gasteiger charge is 2.20. The fraction of sp³-hybridized carbons (Fsp3) is 0.250. The first-order valence-electron chi connectivity index (χ1n) is 6.62. The van der Waals surface area contributed by atoms with E-state index in [4.69, 9.17) is 16.3 Å². The van der Waals surface area contributed by atoms with Crippen LogP contribution in [0.2, 0.25) is 5.02 Å². The first-order chi connectivity index (χ1) is 9.75. The highest BCUT2D eigenvalue weighted by molar-refractivity contribution is 6.31. The van der Waals surface area contributed by atoms with E-state index >= 15 is 0 Å². The fourth-order valence-corrected chi connectivity index (χ4v) is 2.63. The van der Waals surface area contributed by atoms with E-state index in [1.54, 1.807) is 12.4 Å². The van der Waals surface area contributed by atoms with E-state index in [-0.39, 0.29) is 5.78 Å². The number of nitrogens with zero attached hydrogens (tertiary/aromatic N) is 1. The highest BCUT2D eigenvalue weighted by atomic mass is 35.5. The summed E-state index contributed by atoms with van der Waals surface area (Å²) >= 11 is 6.06. The first-order valence-corrected chi connectivity index (χ1v) is 7.00. The Balaban J connectivity index is 1.84. The van der Waals surface area contributed by atoms with Crippen LogP contribution in [0.3, 0.4) is 0 Å². The van der Waals surface area contributed by atoms with Gasteiger partial charge in [-0.15, -0.1) is 0 Å². The zero-order valence-corrected chi connectivity index (χ0v) is 11.7. The summed E-state index contributed by atoms with van der Waals surface area (Å²) < 4.78 is 5.86. The number of carbonyl (C=O) groups is 1. The summed E-state index contributed by atoms with van der Waals surface area (Å²) in [6.45, 7) is 0.381. The molecule has 0 spiro atoms. The molecule has 0 saturated heterocycles. The summed E-state index contributed by atoms with van der Waals surface area (Å²) in [6, 6.07) is 7.49. The molecule has 0 fully saturated rings. The van der Waals surface area contributed by atoms with E-state index < -0.39 is 0 Å². The zero-order valence-electron chi connectivity index (χ0n) is 10.9. The molecule has 0 unspecified atom stereocenters. The minimum absolute atomic E-state index is 0.207. The number of Topliss-reactive ketones (excluding diaryl/α,β-unsaturated/α-hetero) is 1. The first kappa shape index (κ1) is 13.1. The molecule has 102 valence electrons. The molecule has 1 aromatic carbocycles. The molecule has 0 amide bonds.